The minimum atomic E-state index is 0.599. The lowest BCUT2D eigenvalue weighted by Crippen LogP contribution is -2.28. The molecule has 0 spiro atoms. The van der Waals surface area contributed by atoms with E-state index in [9.17, 15) is 0 Å². The van der Waals surface area contributed by atoms with E-state index >= 15 is 0 Å². The van der Waals surface area contributed by atoms with Crippen LogP contribution in [0.3, 0.4) is 0 Å². The van der Waals surface area contributed by atoms with Crippen LogP contribution in [-0.2, 0) is 0 Å². The molecule has 2 atom stereocenters. The number of hydrogen-bond acceptors (Lipinski definition) is 2. The third-order valence-electron chi connectivity index (χ3n) is 2.60. The molecule has 0 aliphatic heterocycles. The molecule has 0 amide bonds. The predicted octanol–water partition coefficient (Wildman–Crippen LogP) is 3.46. The Morgan fingerprint density at radius 2 is 2.07 bits per heavy atom. The van der Waals surface area contributed by atoms with Gasteiger partial charge in [-0.25, -0.2) is 0 Å². The van der Waals surface area contributed by atoms with Crippen molar-refractivity contribution in [3.8, 4) is 0 Å². The molecule has 0 radical (unpaired) electrons. The summed E-state index contributed by atoms with van der Waals surface area (Å²) in [5.41, 5.74) is 1.36. The molecule has 0 fully saturated rings. The summed E-state index contributed by atoms with van der Waals surface area (Å²) in [6, 6.07) is 0.599. The van der Waals surface area contributed by atoms with Crippen LogP contribution in [0, 0.1) is 0 Å². The third-order valence-corrected chi connectivity index (χ3v) is 4.10. The van der Waals surface area contributed by atoms with Gasteiger partial charge in [0.05, 0.1) is 0 Å². The van der Waals surface area contributed by atoms with Crippen LogP contribution in [0.4, 0.5) is 0 Å². The third kappa shape index (κ3) is 6.50. The van der Waals surface area contributed by atoms with Gasteiger partial charge in [-0.05, 0) is 26.3 Å². The van der Waals surface area contributed by atoms with Gasteiger partial charge in [0.2, 0.25) is 0 Å². The van der Waals surface area contributed by atoms with Crippen LogP contribution < -0.4 is 5.32 Å². The average molecular weight is 215 g/mol. The lowest BCUT2D eigenvalue weighted by molar-refractivity contribution is 0.606. The van der Waals surface area contributed by atoms with Crippen LogP contribution in [0.25, 0.3) is 0 Å². The Bertz CT molecular complexity index is 156. The first-order valence-corrected chi connectivity index (χ1v) is 6.64. The Hall–Kier alpha value is 0.0500. The summed E-state index contributed by atoms with van der Waals surface area (Å²) in [5.74, 6) is 1.20. The zero-order valence-electron chi connectivity index (χ0n) is 10.1. The molecule has 0 aromatic rings. The van der Waals surface area contributed by atoms with Gasteiger partial charge in [-0.2, -0.15) is 11.8 Å². The zero-order valence-corrected chi connectivity index (χ0v) is 10.9. The molecule has 0 saturated heterocycles. The summed E-state index contributed by atoms with van der Waals surface area (Å²) in [6.45, 7) is 10.8. The quantitative estimate of drug-likeness (QED) is 0.622. The Morgan fingerprint density at radius 1 is 1.43 bits per heavy atom. The van der Waals surface area contributed by atoms with E-state index in [1.807, 2.05) is 7.05 Å². The van der Waals surface area contributed by atoms with E-state index in [0.29, 0.717) is 6.04 Å². The first-order chi connectivity index (χ1) is 6.63. The Labute approximate surface area is 93.7 Å². The first-order valence-electron chi connectivity index (χ1n) is 5.59. The van der Waals surface area contributed by atoms with Gasteiger partial charge >= 0.3 is 0 Å². The van der Waals surface area contributed by atoms with Crippen molar-refractivity contribution in [2.75, 3.05) is 12.8 Å². The van der Waals surface area contributed by atoms with Crippen LogP contribution in [0.1, 0.15) is 40.0 Å². The number of rotatable bonds is 8. The van der Waals surface area contributed by atoms with Crippen LogP contribution in [-0.4, -0.2) is 24.1 Å². The summed E-state index contributed by atoms with van der Waals surface area (Å²) >= 11 is 2.06. The fourth-order valence-electron chi connectivity index (χ4n) is 1.14. The van der Waals surface area contributed by atoms with Crippen molar-refractivity contribution in [2.45, 2.75) is 51.3 Å². The van der Waals surface area contributed by atoms with Crippen molar-refractivity contribution in [3.63, 3.8) is 0 Å². The molecule has 1 nitrogen and oxygen atoms in total. The molecule has 0 aromatic carbocycles. The predicted molar refractivity (Wildman–Crippen MR) is 69.1 cm³/mol. The summed E-state index contributed by atoms with van der Waals surface area (Å²) in [7, 11) is 2.05. The molecule has 0 saturated carbocycles. The maximum atomic E-state index is 4.06. The molecule has 0 bridgehead atoms. The minimum Gasteiger partial charge on any atom is -0.316 e. The van der Waals surface area contributed by atoms with Crippen LogP contribution in [0.5, 0.6) is 0 Å². The molecular formula is C12H25NS. The second-order valence-corrected chi connectivity index (χ2v) is 5.32. The summed E-state index contributed by atoms with van der Waals surface area (Å²) < 4.78 is 0. The molecule has 0 aromatic heterocycles. The first kappa shape index (κ1) is 14.1. The second-order valence-electron chi connectivity index (χ2n) is 3.85. The Kier molecular flexibility index (Phi) is 8.40. The van der Waals surface area contributed by atoms with Gasteiger partial charge in [0.25, 0.3) is 0 Å². The lowest BCUT2D eigenvalue weighted by atomic mass is 10.1. The monoisotopic (exact) mass is 215 g/mol. The van der Waals surface area contributed by atoms with Crippen LogP contribution >= 0.6 is 11.8 Å². The van der Waals surface area contributed by atoms with E-state index in [-0.39, 0.29) is 0 Å². The normalized spacial score (nSPS) is 15.1. The number of nitrogens with one attached hydrogen (secondary N) is 1. The van der Waals surface area contributed by atoms with Crippen molar-refractivity contribution >= 4 is 11.8 Å². The highest BCUT2D eigenvalue weighted by Crippen LogP contribution is 2.17. The summed E-state index contributed by atoms with van der Waals surface area (Å²) in [4.78, 5) is 0. The highest BCUT2D eigenvalue weighted by atomic mass is 32.2. The lowest BCUT2D eigenvalue weighted by Gasteiger charge is -2.18. The maximum absolute atomic E-state index is 4.06. The molecule has 2 heteroatoms. The highest BCUT2D eigenvalue weighted by Gasteiger charge is 2.09. The summed E-state index contributed by atoms with van der Waals surface area (Å²) in [6.07, 6.45) is 3.48. The van der Waals surface area contributed by atoms with Crippen molar-refractivity contribution < 1.29 is 0 Å². The van der Waals surface area contributed by atoms with Crippen LogP contribution in [0.15, 0.2) is 12.2 Å². The average Bonchev–Trinajstić information content (AvgIpc) is 2.22. The van der Waals surface area contributed by atoms with Gasteiger partial charge in [-0.15, -0.1) is 0 Å². The molecule has 1 N–H and O–H groups in total. The van der Waals surface area contributed by atoms with Gasteiger partial charge in [0.15, 0.2) is 0 Å². The van der Waals surface area contributed by atoms with E-state index in [1.165, 1.54) is 17.7 Å². The fraction of sp³-hybridized carbons (Fsp3) is 0.833. The van der Waals surface area contributed by atoms with Crippen molar-refractivity contribution in [1.29, 1.82) is 0 Å². The van der Waals surface area contributed by atoms with Gasteiger partial charge in [-0.1, -0.05) is 32.9 Å². The van der Waals surface area contributed by atoms with E-state index in [4.69, 9.17) is 0 Å². The molecule has 2 unspecified atom stereocenters. The largest absolute Gasteiger partial charge is 0.316 e. The molecule has 0 aliphatic carbocycles. The minimum absolute atomic E-state index is 0.599. The SMILES string of the molecule is C=C(CC)CC(CSC(C)CC)NC. The smallest absolute Gasteiger partial charge is 0.0192 e. The van der Waals surface area contributed by atoms with E-state index in [0.717, 1.165) is 18.1 Å². The van der Waals surface area contributed by atoms with Crippen molar-refractivity contribution in [3.05, 3.63) is 12.2 Å². The Balaban J connectivity index is 3.73. The Morgan fingerprint density at radius 3 is 2.50 bits per heavy atom. The van der Waals surface area contributed by atoms with Gasteiger partial charge in [0.1, 0.15) is 0 Å². The van der Waals surface area contributed by atoms with Crippen molar-refractivity contribution in [1.82, 2.24) is 5.32 Å². The van der Waals surface area contributed by atoms with Gasteiger partial charge in [0, 0.05) is 17.0 Å². The molecule has 14 heavy (non-hydrogen) atoms. The fourth-order valence-corrected chi connectivity index (χ4v) is 2.22. The molecular weight excluding hydrogens is 190 g/mol. The number of hydrogen-bond donors (Lipinski definition) is 1. The van der Waals surface area contributed by atoms with Crippen molar-refractivity contribution in [2.24, 2.45) is 0 Å². The maximum Gasteiger partial charge on any atom is 0.0192 e. The van der Waals surface area contributed by atoms with E-state index in [1.54, 1.807) is 0 Å². The summed E-state index contributed by atoms with van der Waals surface area (Å²) in [5, 5.41) is 4.14. The zero-order chi connectivity index (χ0) is 11.0. The molecule has 0 rings (SSSR count). The molecule has 0 heterocycles. The molecule has 84 valence electrons. The van der Waals surface area contributed by atoms with Gasteiger partial charge in [-0.3, -0.25) is 0 Å². The van der Waals surface area contributed by atoms with Gasteiger partial charge < -0.3 is 5.32 Å². The standard InChI is InChI=1S/C12H25NS/c1-6-10(3)8-12(13-5)9-14-11(4)7-2/h11-13H,3,6-9H2,1-2,4-5H3. The van der Waals surface area contributed by atoms with Crippen LogP contribution in [0.2, 0.25) is 0 Å². The molecule has 0 aliphatic rings. The van der Waals surface area contributed by atoms with E-state index in [2.05, 4.69) is 44.4 Å². The van der Waals surface area contributed by atoms with E-state index < -0.39 is 0 Å². The second kappa shape index (κ2) is 8.37. The highest BCUT2D eigenvalue weighted by molar-refractivity contribution is 7.99. The topological polar surface area (TPSA) is 12.0 Å². The number of thioether (sulfide) groups is 1.